The number of benzene rings is 1. The second-order valence-corrected chi connectivity index (χ2v) is 3.66. The van der Waals surface area contributed by atoms with Crippen molar-refractivity contribution in [3.05, 3.63) is 23.8 Å². The molecule has 0 bridgehead atoms. The summed E-state index contributed by atoms with van der Waals surface area (Å²) in [6.45, 7) is 1.72. The molecule has 0 radical (unpaired) electrons. The van der Waals surface area contributed by atoms with Gasteiger partial charge in [0.25, 0.3) is 0 Å². The van der Waals surface area contributed by atoms with Crippen molar-refractivity contribution in [2.45, 2.75) is 19.4 Å². The molecule has 98 valence electrons. The van der Waals surface area contributed by atoms with Crippen LogP contribution in [0.25, 0.3) is 0 Å². The Balaban J connectivity index is 3.07. The molecule has 1 aromatic rings. The molecule has 3 N–H and O–H groups in total. The monoisotopic (exact) mass is 253 g/mol. The lowest BCUT2D eigenvalue weighted by atomic mass is 10.1. The summed E-state index contributed by atoms with van der Waals surface area (Å²) in [5.74, 6) is -1.68. The van der Waals surface area contributed by atoms with E-state index in [1.54, 1.807) is 6.92 Å². The average molecular weight is 253 g/mol. The topological polar surface area (TPSA) is 95.9 Å². The number of ether oxygens (including phenoxy) is 1. The van der Waals surface area contributed by atoms with Crippen LogP contribution in [0.5, 0.6) is 5.75 Å². The summed E-state index contributed by atoms with van der Waals surface area (Å²) in [5, 5.41) is 20.6. The van der Waals surface area contributed by atoms with E-state index in [2.05, 4.69) is 5.32 Å². The third kappa shape index (κ3) is 3.13. The highest BCUT2D eigenvalue weighted by atomic mass is 16.5. The summed E-state index contributed by atoms with van der Waals surface area (Å²) in [5.41, 5.74) is 0.421. The zero-order chi connectivity index (χ0) is 13.7. The van der Waals surface area contributed by atoms with Crippen molar-refractivity contribution >= 4 is 17.6 Å². The molecular formula is C12H15NO5. The molecule has 0 aliphatic rings. The Labute approximate surface area is 104 Å². The SMILES string of the molecule is CCC(Nc1cc(C(=O)O)ccc1OC)C(=O)O. The van der Waals surface area contributed by atoms with E-state index in [1.165, 1.54) is 25.3 Å². The van der Waals surface area contributed by atoms with Gasteiger partial charge in [-0.15, -0.1) is 0 Å². The summed E-state index contributed by atoms with van der Waals surface area (Å²) < 4.78 is 5.06. The Morgan fingerprint density at radius 3 is 2.50 bits per heavy atom. The molecule has 18 heavy (non-hydrogen) atoms. The van der Waals surface area contributed by atoms with Gasteiger partial charge in [-0.05, 0) is 24.6 Å². The molecule has 0 aromatic heterocycles. The second-order valence-electron chi connectivity index (χ2n) is 3.66. The Bertz CT molecular complexity index is 458. The van der Waals surface area contributed by atoms with Gasteiger partial charge in [0.15, 0.2) is 0 Å². The number of aliphatic carboxylic acids is 1. The molecule has 0 aliphatic carbocycles. The van der Waals surface area contributed by atoms with Gasteiger partial charge in [0.2, 0.25) is 0 Å². The third-order valence-corrected chi connectivity index (χ3v) is 2.48. The van der Waals surface area contributed by atoms with Crippen LogP contribution in [-0.2, 0) is 4.79 Å². The highest BCUT2D eigenvalue weighted by Gasteiger charge is 2.17. The fourth-order valence-corrected chi connectivity index (χ4v) is 1.48. The van der Waals surface area contributed by atoms with Gasteiger partial charge in [-0.1, -0.05) is 6.92 Å². The quantitative estimate of drug-likeness (QED) is 0.713. The summed E-state index contributed by atoms with van der Waals surface area (Å²) >= 11 is 0. The van der Waals surface area contributed by atoms with Crippen molar-refractivity contribution in [1.82, 2.24) is 0 Å². The first kappa shape index (κ1) is 13.8. The van der Waals surface area contributed by atoms with Crippen LogP contribution in [0, 0.1) is 0 Å². The molecule has 0 fully saturated rings. The number of carboxylic acid groups (broad SMARTS) is 2. The van der Waals surface area contributed by atoms with Crippen LogP contribution in [0.4, 0.5) is 5.69 Å². The molecule has 1 unspecified atom stereocenters. The van der Waals surface area contributed by atoms with Crippen molar-refractivity contribution < 1.29 is 24.5 Å². The first-order valence-corrected chi connectivity index (χ1v) is 5.40. The van der Waals surface area contributed by atoms with Crippen LogP contribution in [-0.4, -0.2) is 35.3 Å². The minimum absolute atomic E-state index is 0.0681. The molecule has 6 heteroatoms. The number of methoxy groups -OCH3 is 1. The molecule has 0 spiro atoms. The highest BCUT2D eigenvalue weighted by Crippen LogP contribution is 2.26. The maximum atomic E-state index is 10.9. The van der Waals surface area contributed by atoms with E-state index in [1.807, 2.05) is 0 Å². The molecule has 1 aromatic carbocycles. The van der Waals surface area contributed by atoms with Gasteiger partial charge in [0, 0.05) is 0 Å². The van der Waals surface area contributed by atoms with Crippen molar-refractivity contribution in [2.75, 3.05) is 12.4 Å². The van der Waals surface area contributed by atoms with Gasteiger partial charge in [-0.3, -0.25) is 0 Å². The number of anilines is 1. The Kier molecular flexibility index (Phi) is 4.53. The van der Waals surface area contributed by atoms with Crippen molar-refractivity contribution in [2.24, 2.45) is 0 Å². The lowest BCUT2D eigenvalue weighted by Crippen LogP contribution is -2.28. The molecule has 0 heterocycles. The summed E-state index contributed by atoms with van der Waals surface area (Å²) in [7, 11) is 1.43. The zero-order valence-corrected chi connectivity index (χ0v) is 10.1. The van der Waals surface area contributed by atoms with Crippen LogP contribution in [0.2, 0.25) is 0 Å². The molecule has 0 saturated carbocycles. The van der Waals surface area contributed by atoms with Gasteiger partial charge < -0.3 is 20.3 Å². The Hall–Kier alpha value is -2.24. The number of rotatable bonds is 6. The predicted octanol–water partition coefficient (Wildman–Crippen LogP) is 1.67. The van der Waals surface area contributed by atoms with E-state index in [0.717, 1.165) is 0 Å². The molecule has 0 saturated heterocycles. The number of nitrogens with one attached hydrogen (secondary N) is 1. The normalized spacial score (nSPS) is 11.7. The molecule has 1 atom stereocenters. The van der Waals surface area contributed by atoms with E-state index in [4.69, 9.17) is 14.9 Å². The summed E-state index contributed by atoms with van der Waals surface area (Å²) in [4.78, 5) is 21.8. The molecule has 0 amide bonds. The molecule has 1 rings (SSSR count). The minimum Gasteiger partial charge on any atom is -0.495 e. The molecule has 6 nitrogen and oxygen atoms in total. The first-order valence-electron chi connectivity index (χ1n) is 5.40. The largest absolute Gasteiger partial charge is 0.495 e. The summed E-state index contributed by atoms with van der Waals surface area (Å²) in [6, 6.07) is 3.45. The van der Waals surface area contributed by atoms with E-state index >= 15 is 0 Å². The maximum absolute atomic E-state index is 10.9. The summed E-state index contributed by atoms with van der Waals surface area (Å²) in [6.07, 6.45) is 0.371. The van der Waals surface area contributed by atoms with Crippen LogP contribution in [0.15, 0.2) is 18.2 Å². The fourth-order valence-electron chi connectivity index (χ4n) is 1.48. The van der Waals surface area contributed by atoms with Gasteiger partial charge >= 0.3 is 11.9 Å². The number of carboxylic acids is 2. The smallest absolute Gasteiger partial charge is 0.335 e. The van der Waals surface area contributed by atoms with Gasteiger partial charge in [0.1, 0.15) is 11.8 Å². The lowest BCUT2D eigenvalue weighted by molar-refractivity contribution is -0.137. The van der Waals surface area contributed by atoms with Crippen LogP contribution in [0.3, 0.4) is 0 Å². The average Bonchev–Trinajstić information content (AvgIpc) is 2.35. The zero-order valence-electron chi connectivity index (χ0n) is 10.1. The van der Waals surface area contributed by atoms with Crippen LogP contribution in [0.1, 0.15) is 23.7 Å². The molecular weight excluding hydrogens is 238 g/mol. The predicted molar refractivity (Wildman–Crippen MR) is 65.3 cm³/mol. The highest BCUT2D eigenvalue weighted by molar-refractivity contribution is 5.90. The van der Waals surface area contributed by atoms with Crippen molar-refractivity contribution in [3.8, 4) is 5.75 Å². The van der Waals surface area contributed by atoms with E-state index in [-0.39, 0.29) is 5.56 Å². The van der Waals surface area contributed by atoms with Gasteiger partial charge in [0.05, 0.1) is 18.4 Å². The standard InChI is InChI=1S/C12H15NO5/c1-3-8(12(16)17)13-9-6-7(11(14)15)4-5-10(9)18-2/h4-6,8,13H,3H2,1-2H3,(H,14,15)(H,16,17). The van der Waals surface area contributed by atoms with Crippen molar-refractivity contribution in [3.63, 3.8) is 0 Å². The van der Waals surface area contributed by atoms with Crippen LogP contribution >= 0.6 is 0 Å². The van der Waals surface area contributed by atoms with Crippen molar-refractivity contribution in [1.29, 1.82) is 0 Å². The number of hydrogen-bond acceptors (Lipinski definition) is 4. The van der Waals surface area contributed by atoms with Gasteiger partial charge in [-0.25, -0.2) is 9.59 Å². The van der Waals surface area contributed by atoms with E-state index in [9.17, 15) is 9.59 Å². The Morgan fingerprint density at radius 2 is 2.06 bits per heavy atom. The van der Waals surface area contributed by atoms with Crippen LogP contribution < -0.4 is 10.1 Å². The number of carbonyl (C=O) groups is 2. The number of aromatic carboxylic acids is 1. The lowest BCUT2D eigenvalue weighted by Gasteiger charge is -2.16. The fraction of sp³-hybridized carbons (Fsp3) is 0.333. The molecule has 0 aliphatic heterocycles. The minimum atomic E-state index is -1.08. The third-order valence-electron chi connectivity index (χ3n) is 2.48. The number of hydrogen-bond donors (Lipinski definition) is 3. The first-order chi connectivity index (χ1) is 8.49. The second kappa shape index (κ2) is 5.90. The van der Waals surface area contributed by atoms with Gasteiger partial charge in [-0.2, -0.15) is 0 Å². The Morgan fingerprint density at radius 1 is 1.39 bits per heavy atom. The van der Waals surface area contributed by atoms with E-state index in [0.29, 0.717) is 17.9 Å². The maximum Gasteiger partial charge on any atom is 0.335 e. The van der Waals surface area contributed by atoms with E-state index < -0.39 is 18.0 Å².